The Labute approximate surface area is 236 Å². The van der Waals surface area contributed by atoms with E-state index in [1.165, 1.54) is 0 Å². The molecule has 2 amide bonds. The van der Waals surface area contributed by atoms with E-state index in [-0.39, 0.29) is 31.0 Å². The largest absolute Gasteiger partial charge is 0.465 e. The normalized spacial score (nSPS) is 28.8. The van der Waals surface area contributed by atoms with Crippen molar-refractivity contribution >= 4 is 29.5 Å². The van der Waals surface area contributed by atoms with Gasteiger partial charge in [-0.2, -0.15) is 0 Å². The smallest absolute Gasteiger partial charge is 0.311 e. The fourth-order valence-corrected chi connectivity index (χ4v) is 9.09. The van der Waals surface area contributed by atoms with Crippen LogP contribution in [0.1, 0.15) is 57.4 Å². The molecule has 3 aliphatic heterocycles. The summed E-state index contributed by atoms with van der Waals surface area (Å²) in [5.41, 5.74) is 1.01. The minimum absolute atomic E-state index is 0.0811. The van der Waals surface area contributed by atoms with Crippen molar-refractivity contribution in [3.8, 4) is 0 Å². The van der Waals surface area contributed by atoms with Gasteiger partial charge in [0.25, 0.3) is 0 Å². The maximum absolute atomic E-state index is 14.5. The van der Waals surface area contributed by atoms with Gasteiger partial charge in [-0.25, -0.2) is 0 Å². The van der Waals surface area contributed by atoms with Gasteiger partial charge in [0.1, 0.15) is 6.04 Å². The lowest BCUT2D eigenvalue weighted by Crippen LogP contribution is -2.54. The van der Waals surface area contributed by atoms with Crippen molar-refractivity contribution in [1.29, 1.82) is 0 Å². The first-order chi connectivity index (χ1) is 18.8. The Hall–Kier alpha value is -2.58. The number of hydrogen-bond acceptors (Lipinski definition) is 6. The third kappa shape index (κ3) is 5.68. The Morgan fingerprint density at radius 1 is 1.15 bits per heavy atom. The van der Waals surface area contributed by atoms with Crippen molar-refractivity contribution in [3.63, 3.8) is 0 Å². The Kier molecular flexibility index (Phi) is 9.60. The van der Waals surface area contributed by atoms with Crippen LogP contribution < -0.4 is 0 Å². The molecular weight excluding hydrogens is 512 g/mol. The van der Waals surface area contributed by atoms with E-state index in [9.17, 15) is 14.4 Å². The summed E-state index contributed by atoms with van der Waals surface area (Å²) in [6.07, 6.45) is 8.67. The van der Waals surface area contributed by atoms with Crippen LogP contribution in [0.25, 0.3) is 0 Å². The molecule has 7 nitrogen and oxygen atoms in total. The molecule has 1 aromatic rings. The van der Waals surface area contributed by atoms with Gasteiger partial charge in [0.2, 0.25) is 11.8 Å². The van der Waals surface area contributed by atoms with Gasteiger partial charge >= 0.3 is 5.97 Å². The maximum atomic E-state index is 14.5. The number of benzene rings is 1. The molecule has 0 aliphatic carbocycles. The fraction of sp³-hybridized carbons (Fsp3) is 0.581. The molecule has 3 heterocycles. The quantitative estimate of drug-likeness (QED) is 0.197. The van der Waals surface area contributed by atoms with Crippen LogP contribution >= 0.6 is 11.8 Å². The highest BCUT2D eigenvalue weighted by Crippen LogP contribution is 2.71. The summed E-state index contributed by atoms with van der Waals surface area (Å²) in [5, 5.41) is 9.15. The molecule has 1 aromatic carbocycles. The number of nitrogens with zero attached hydrogens (tertiary/aromatic N) is 2. The Balaban J connectivity index is 1.66. The topological polar surface area (TPSA) is 87.1 Å². The van der Waals surface area contributed by atoms with Gasteiger partial charge in [0.05, 0.1) is 23.2 Å². The molecule has 4 rings (SSSR count). The van der Waals surface area contributed by atoms with E-state index >= 15 is 0 Å². The number of fused-ring (bicyclic) bond motifs is 1. The maximum Gasteiger partial charge on any atom is 0.311 e. The Morgan fingerprint density at radius 2 is 1.90 bits per heavy atom. The molecule has 3 aliphatic rings. The summed E-state index contributed by atoms with van der Waals surface area (Å²) < 4.78 is 4.53. The number of hydrogen-bond donors (Lipinski definition) is 1. The van der Waals surface area contributed by atoms with Crippen molar-refractivity contribution in [1.82, 2.24) is 9.80 Å². The summed E-state index contributed by atoms with van der Waals surface area (Å²) >= 11 is 1.67. The van der Waals surface area contributed by atoms with Crippen LogP contribution in [0.5, 0.6) is 0 Å². The minimum atomic E-state index is -0.660. The van der Waals surface area contributed by atoms with E-state index in [4.69, 9.17) is 9.84 Å². The van der Waals surface area contributed by atoms with Gasteiger partial charge < -0.3 is 19.6 Å². The molecular formula is C31H42N2O5S. The van der Waals surface area contributed by atoms with Gasteiger partial charge in [-0.3, -0.25) is 14.4 Å². The zero-order chi connectivity index (χ0) is 28.0. The van der Waals surface area contributed by atoms with Crippen LogP contribution in [-0.2, 0) is 25.7 Å². The summed E-state index contributed by atoms with van der Waals surface area (Å²) in [4.78, 5) is 45.6. The number of rotatable bonds is 15. The van der Waals surface area contributed by atoms with Crippen LogP contribution in [-0.4, -0.2) is 74.5 Å². The number of amides is 2. The number of aliphatic hydroxyl groups is 1. The number of ether oxygens (including phenoxy) is 1. The number of unbranched alkanes of at least 4 members (excludes halogenated alkanes) is 3. The first-order valence-electron chi connectivity index (χ1n) is 14.2. The molecule has 0 radical (unpaired) electrons. The summed E-state index contributed by atoms with van der Waals surface area (Å²) in [5.74, 6) is -1.68. The predicted octanol–water partition coefficient (Wildman–Crippen LogP) is 4.35. The van der Waals surface area contributed by atoms with Gasteiger partial charge in [-0.05, 0) is 44.6 Å². The minimum Gasteiger partial charge on any atom is -0.465 e. The molecule has 5 atom stereocenters. The number of carbonyl (C=O) groups is 3. The fourth-order valence-electron chi connectivity index (χ4n) is 6.75. The third-order valence-electron chi connectivity index (χ3n) is 8.52. The number of esters is 1. The predicted molar refractivity (Wildman–Crippen MR) is 154 cm³/mol. The Bertz CT molecular complexity index is 1060. The molecule has 1 N–H and O–H groups in total. The molecule has 8 heteroatoms. The molecule has 2 bridgehead atoms. The molecule has 1 spiro atoms. The zero-order valence-electron chi connectivity index (χ0n) is 23.1. The monoisotopic (exact) mass is 554 g/mol. The third-order valence-corrected chi connectivity index (χ3v) is 10.5. The molecule has 39 heavy (non-hydrogen) atoms. The second kappa shape index (κ2) is 12.7. The van der Waals surface area contributed by atoms with Crippen molar-refractivity contribution in [2.75, 3.05) is 26.3 Å². The number of likely N-dealkylation sites (tertiary alicyclic amines) is 1. The van der Waals surface area contributed by atoms with Crippen molar-refractivity contribution < 1.29 is 24.2 Å². The Morgan fingerprint density at radius 3 is 2.59 bits per heavy atom. The van der Waals surface area contributed by atoms with E-state index in [0.29, 0.717) is 32.5 Å². The second-order valence-corrected chi connectivity index (χ2v) is 13.0. The first kappa shape index (κ1) is 29.4. The van der Waals surface area contributed by atoms with E-state index in [2.05, 4.69) is 20.1 Å². The van der Waals surface area contributed by atoms with E-state index in [0.717, 1.165) is 37.7 Å². The van der Waals surface area contributed by atoms with Gasteiger partial charge in [0.15, 0.2) is 0 Å². The van der Waals surface area contributed by atoms with Crippen LogP contribution in [0.15, 0.2) is 55.6 Å². The molecule has 2 unspecified atom stereocenters. The first-order valence-corrected chi connectivity index (χ1v) is 15.0. The van der Waals surface area contributed by atoms with Crippen LogP contribution in [0.4, 0.5) is 0 Å². The highest BCUT2D eigenvalue weighted by atomic mass is 32.2. The molecule has 212 valence electrons. The lowest BCUT2D eigenvalue weighted by atomic mass is 9.66. The molecule has 0 aromatic heterocycles. The van der Waals surface area contributed by atoms with Crippen molar-refractivity contribution in [3.05, 3.63) is 61.2 Å². The molecule has 0 saturated carbocycles. The zero-order valence-corrected chi connectivity index (χ0v) is 23.9. The number of carbonyl (C=O) groups excluding carboxylic acids is 3. The average Bonchev–Trinajstić information content (AvgIpc) is 3.49. The summed E-state index contributed by atoms with van der Waals surface area (Å²) in [7, 11) is 0. The van der Waals surface area contributed by atoms with E-state index in [1.807, 2.05) is 30.3 Å². The number of aliphatic hydroxyl groups excluding tert-OH is 1. The average molecular weight is 555 g/mol. The SMILES string of the molecule is C=CCCOC(=O)[C@H]1[C@H]2C(=O)N(CCCCCCO)C(C(=O)N(CC=C)Cc3ccccc3)C23CC[C@]1(C)S3. The van der Waals surface area contributed by atoms with Gasteiger partial charge in [-0.15, -0.1) is 24.9 Å². The highest BCUT2D eigenvalue weighted by molar-refractivity contribution is 8.02. The van der Waals surface area contributed by atoms with Crippen molar-refractivity contribution in [2.45, 2.75) is 74.0 Å². The van der Waals surface area contributed by atoms with Crippen molar-refractivity contribution in [2.24, 2.45) is 11.8 Å². The highest BCUT2D eigenvalue weighted by Gasteiger charge is 2.77. The van der Waals surface area contributed by atoms with Crippen LogP contribution in [0, 0.1) is 11.8 Å². The molecule has 3 saturated heterocycles. The lowest BCUT2D eigenvalue weighted by molar-refractivity contribution is -0.155. The molecule has 3 fully saturated rings. The van der Waals surface area contributed by atoms with Gasteiger partial charge in [-0.1, -0.05) is 55.3 Å². The van der Waals surface area contributed by atoms with Crippen LogP contribution in [0.2, 0.25) is 0 Å². The van der Waals surface area contributed by atoms with E-state index < -0.39 is 27.4 Å². The lowest BCUT2D eigenvalue weighted by Gasteiger charge is -2.37. The number of thioether (sulfide) groups is 1. The van der Waals surface area contributed by atoms with Gasteiger partial charge in [0, 0.05) is 31.0 Å². The standard InChI is InChI=1S/C31H42N2O5S/c1-4-6-21-38-29(37)25-24-27(35)33(19-12-7-8-13-20-34)26(31(24)17-16-30(25,3)39-31)28(36)32(18-5-2)22-23-14-10-9-11-15-23/h4-5,9-11,14-15,24-26,34H,1-2,6-8,12-13,16-22H2,3H3/t24-,25+,26?,30-,31?/m0/s1. The van der Waals surface area contributed by atoms with Crippen LogP contribution in [0.3, 0.4) is 0 Å². The summed E-state index contributed by atoms with van der Waals surface area (Å²) in [6.45, 7) is 11.3. The van der Waals surface area contributed by atoms with E-state index in [1.54, 1.807) is 33.7 Å². The second-order valence-electron chi connectivity index (χ2n) is 11.1. The summed E-state index contributed by atoms with van der Waals surface area (Å²) in [6, 6.07) is 9.20.